The number of nitrogens with zero attached hydrogens (tertiary/aromatic N) is 5. The highest BCUT2D eigenvalue weighted by molar-refractivity contribution is 7.89. The molecule has 3 aromatic rings. The second-order valence-corrected chi connectivity index (χ2v) is 9.36. The van der Waals surface area contributed by atoms with Gasteiger partial charge in [0, 0.05) is 39.0 Å². The zero-order chi connectivity index (χ0) is 22.2. The van der Waals surface area contributed by atoms with Crippen LogP contribution in [0.3, 0.4) is 0 Å². The summed E-state index contributed by atoms with van der Waals surface area (Å²) in [6.07, 6.45) is 1.53. The zero-order valence-corrected chi connectivity index (χ0v) is 18.6. The molecule has 11 heteroatoms. The third-order valence-electron chi connectivity index (χ3n) is 5.51. The van der Waals surface area contributed by atoms with Crippen molar-refractivity contribution in [2.45, 2.75) is 25.3 Å². The lowest BCUT2D eigenvalue weighted by Gasteiger charge is -2.35. The average Bonchev–Trinajstić information content (AvgIpc) is 3.12. The van der Waals surface area contributed by atoms with Crippen LogP contribution in [0.2, 0.25) is 0 Å². The first-order valence-electron chi connectivity index (χ1n) is 9.99. The summed E-state index contributed by atoms with van der Waals surface area (Å²) in [5.74, 6) is 0.302. The third kappa shape index (κ3) is 3.95. The summed E-state index contributed by atoms with van der Waals surface area (Å²) in [7, 11) is -2.07. The first-order valence-corrected chi connectivity index (χ1v) is 11.4. The Hall–Kier alpha value is -2.76. The molecule has 10 nitrogen and oxygen atoms in total. The highest BCUT2D eigenvalue weighted by Crippen LogP contribution is 2.26. The van der Waals surface area contributed by atoms with E-state index in [-0.39, 0.29) is 10.5 Å². The van der Waals surface area contributed by atoms with E-state index >= 15 is 0 Å². The number of hydrogen-bond acceptors (Lipinski definition) is 8. The van der Waals surface area contributed by atoms with E-state index in [0.717, 1.165) is 5.69 Å². The van der Waals surface area contributed by atoms with E-state index in [0.29, 0.717) is 61.7 Å². The number of piperazine rings is 1. The minimum Gasteiger partial charge on any atom is -0.383 e. The molecule has 1 aliphatic heterocycles. The highest BCUT2D eigenvalue weighted by atomic mass is 32.2. The quantitative estimate of drug-likeness (QED) is 0.554. The van der Waals surface area contributed by atoms with Crippen LogP contribution in [0, 0.1) is 13.8 Å². The molecule has 166 valence electrons. The van der Waals surface area contributed by atoms with Crippen molar-refractivity contribution >= 4 is 26.6 Å². The van der Waals surface area contributed by atoms with Crippen molar-refractivity contribution < 1.29 is 17.7 Å². The Balaban J connectivity index is 1.52. The van der Waals surface area contributed by atoms with E-state index < -0.39 is 10.0 Å². The molecule has 1 aromatic carbocycles. The number of aryl methyl sites for hydroxylation is 2. The van der Waals surface area contributed by atoms with E-state index in [1.807, 2.05) is 12.1 Å². The Morgan fingerprint density at radius 2 is 1.90 bits per heavy atom. The topological polar surface area (TPSA) is 111 Å². The summed E-state index contributed by atoms with van der Waals surface area (Å²) in [4.78, 5) is 19.3. The Labute approximate surface area is 180 Å². The molecular weight excluding hydrogens is 422 g/mol. The second-order valence-electron chi connectivity index (χ2n) is 7.48. The fourth-order valence-corrected chi connectivity index (χ4v) is 5.56. The van der Waals surface area contributed by atoms with E-state index in [1.165, 1.54) is 15.2 Å². The lowest BCUT2D eigenvalue weighted by Crippen LogP contribution is -2.48. The standard InChI is InChI=1S/C20H25N5O5S/c1-14-19(15(2)30-22-14)31(27,28)25-8-6-23(7-9-25)16-4-5-17-18(12-16)21-13-24(20(17)26)10-11-29-3/h4-5,12-13H,6-11H2,1-3H3. The van der Waals surface area contributed by atoms with Crippen LogP contribution in [-0.4, -0.2) is 67.3 Å². The third-order valence-corrected chi connectivity index (χ3v) is 7.66. The van der Waals surface area contributed by atoms with Crippen LogP contribution in [0.1, 0.15) is 11.5 Å². The number of sulfonamides is 1. The number of fused-ring (bicyclic) bond motifs is 1. The van der Waals surface area contributed by atoms with Crippen molar-refractivity contribution in [1.29, 1.82) is 0 Å². The first-order chi connectivity index (χ1) is 14.8. The number of anilines is 1. The molecule has 1 fully saturated rings. The molecular formula is C20H25N5O5S. The summed E-state index contributed by atoms with van der Waals surface area (Å²) < 4.78 is 39.1. The molecule has 2 aromatic heterocycles. The monoisotopic (exact) mass is 447 g/mol. The molecule has 0 spiro atoms. The fourth-order valence-electron chi connectivity index (χ4n) is 3.85. The molecule has 0 saturated carbocycles. The summed E-state index contributed by atoms with van der Waals surface area (Å²) in [6, 6.07) is 5.52. The molecule has 0 aliphatic carbocycles. The normalized spacial score (nSPS) is 15.6. The van der Waals surface area contributed by atoms with Gasteiger partial charge in [-0.3, -0.25) is 9.36 Å². The van der Waals surface area contributed by atoms with Crippen molar-refractivity contribution in [2.24, 2.45) is 0 Å². The molecule has 31 heavy (non-hydrogen) atoms. The molecule has 0 N–H and O–H groups in total. The summed E-state index contributed by atoms with van der Waals surface area (Å²) in [6.45, 7) is 5.86. The van der Waals surface area contributed by atoms with Gasteiger partial charge in [-0.15, -0.1) is 0 Å². The Kier molecular flexibility index (Phi) is 5.82. The Morgan fingerprint density at radius 3 is 2.55 bits per heavy atom. The van der Waals surface area contributed by atoms with Crippen LogP contribution >= 0.6 is 0 Å². The van der Waals surface area contributed by atoms with E-state index in [9.17, 15) is 13.2 Å². The van der Waals surface area contributed by atoms with Gasteiger partial charge in [-0.2, -0.15) is 4.31 Å². The number of ether oxygens (including phenoxy) is 1. The number of aromatic nitrogens is 3. The van der Waals surface area contributed by atoms with Gasteiger partial charge >= 0.3 is 0 Å². The largest absolute Gasteiger partial charge is 0.383 e. The van der Waals surface area contributed by atoms with Gasteiger partial charge in [0.15, 0.2) is 5.76 Å². The Bertz CT molecular complexity index is 1240. The van der Waals surface area contributed by atoms with Crippen molar-refractivity contribution in [2.75, 3.05) is 44.8 Å². The van der Waals surface area contributed by atoms with Crippen molar-refractivity contribution in [1.82, 2.24) is 19.0 Å². The first kappa shape index (κ1) is 21.5. The van der Waals surface area contributed by atoms with Gasteiger partial charge in [0.25, 0.3) is 5.56 Å². The average molecular weight is 448 g/mol. The summed E-state index contributed by atoms with van der Waals surface area (Å²) >= 11 is 0. The van der Waals surface area contributed by atoms with E-state index in [4.69, 9.17) is 9.26 Å². The molecule has 3 heterocycles. The van der Waals surface area contributed by atoms with E-state index in [2.05, 4.69) is 15.0 Å². The molecule has 1 saturated heterocycles. The van der Waals surface area contributed by atoms with Gasteiger partial charge in [-0.05, 0) is 32.0 Å². The SMILES string of the molecule is COCCn1cnc2cc(N3CCN(S(=O)(=O)c4c(C)noc4C)CC3)ccc2c1=O. The predicted octanol–water partition coefficient (Wildman–Crippen LogP) is 1.16. The van der Waals surface area contributed by atoms with Crippen molar-refractivity contribution in [3.8, 4) is 0 Å². The van der Waals surface area contributed by atoms with Crippen LogP contribution in [0.5, 0.6) is 0 Å². The highest BCUT2D eigenvalue weighted by Gasteiger charge is 2.33. The lowest BCUT2D eigenvalue weighted by molar-refractivity contribution is 0.186. The Morgan fingerprint density at radius 1 is 1.16 bits per heavy atom. The van der Waals surface area contributed by atoms with Crippen LogP contribution in [-0.2, 0) is 21.3 Å². The van der Waals surface area contributed by atoms with Crippen molar-refractivity contribution in [3.63, 3.8) is 0 Å². The molecule has 0 bridgehead atoms. The second kappa shape index (κ2) is 8.40. The van der Waals surface area contributed by atoms with Gasteiger partial charge in [-0.1, -0.05) is 5.16 Å². The minimum absolute atomic E-state index is 0.107. The fraction of sp³-hybridized carbons (Fsp3) is 0.450. The van der Waals surface area contributed by atoms with Gasteiger partial charge in [0.2, 0.25) is 10.0 Å². The lowest BCUT2D eigenvalue weighted by atomic mass is 10.2. The predicted molar refractivity (Wildman–Crippen MR) is 115 cm³/mol. The number of hydrogen-bond donors (Lipinski definition) is 0. The molecule has 0 unspecified atom stereocenters. The maximum absolute atomic E-state index is 13.0. The van der Waals surface area contributed by atoms with Crippen LogP contribution in [0.15, 0.2) is 38.7 Å². The summed E-state index contributed by atoms with van der Waals surface area (Å²) in [5.41, 5.74) is 1.78. The van der Waals surface area contributed by atoms with Crippen LogP contribution in [0.4, 0.5) is 5.69 Å². The van der Waals surface area contributed by atoms with Gasteiger partial charge < -0.3 is 14.2 Å². The van der Waals surface area contributed by atoms with E-state index in [1.54, 1.807) is 27.0 Å². The maximum atomic E-state index is 13.0. The minimum atomic E-state index is -3.65. The van der Waals surface area contributed by atoms with Crippen molar-refractivity contribution in [3.05, 3.63) is 46.3 Å². The maximum Gasteiger partial charge on any atom is 0.261 e. The molecule has 0 radical (unpaired) electrons. The number of benzene rings is 1. The molecule has 1 aliphatic rings. The molecule has 0 atom stereocenters. The van der Waals surface area contributed by atoms with Gasteiger partial charge in [0.05, 0.1) is 30.4 Å². The van der Waals surface area contributed by atoms with Gasteiger partial charge in [-0.25, -0.2) is 13.4 Å². The smallest absolute Gasteiger partial charge is 0.261 e. The van der Waals surface area contributed by atoms with Crippen LogP contribution < -0.4 is 10.5 Å². The number of rotatable bonds is 6. The number of methoxy groups -OCH3 is 1. The van der Waals surface area contributed by atoms with Gasteiger partial charge in [0.1, 0.15) is 10.6 Å². The van der Waals surface area contributed by atoms with Crippen LogP contribution in [0.25, 0.3) is 10.9 Å². The molecule has 0 amide bonds. The molecule has 4 rings (SSSR count). The summed E-state index contributed by atoms with van der Waals surface area (Å²) in [5, 5.41) is 4.31. The zero-order valence-electron chi connectivity index (χ0n) is 17.7.